The molecule has 1 amide bonds. The van der Waals surface area contributed by atoms with Gasteiger partial charge in [-0.05, 0) is 36.2 Å². The zero-order valence-electron chi connectivity index (χ0n) is 14.0. The van der Waals surface area contributed by atoms with Crippen LogP contribution in [0.25, 0.3) is 0 Å². The predicted molar refractivity (Wildman–Crippen MR) is 96.4 cm³/mol. The van der Waals surface area contributed by atoms with Gasteiger partial charge in [0.1, 0.15) is 5.75 Å². The third kappa shape index (κ3) is 6.21. The summed E-state index contributed by atoms with van der Waals surface area (Å²) in [5, 5.41) is 12.5. The van der Waals surface area contributed by atoms with Crippen molar-refractivity contribution in [3.63, 3.8) is 0 Å². The van der Waals surface area contributed by atoms with Crippen molar-refractivity contribution in [3.05, 3.63) is 65.2 Å². The van der Waals surface area contributed by atoms with Crippen LogP contribution in [0.5, 0.6) is 5.75 Å². The number of hydrogen-bond donors (Lipinski definition) is 3. The van der Waals surface area contributed by atoms with E-state index in [9.17, 15) is 18.3 Å². The van der Waals surface area contributed by atoms with Crippen LogP contribution in [-0.4, -0.2) is 26.5 Å². The number of rotatable bonds is 8. The van der Waals surface area contributed by atoms with Gasteiger partial charge in [0.05, 0.1) is 5.75 Å². The minimum Gasteiger partial charge on any atom is -0.508 e. The molecule has 0 saturated carbocycles. The highest BCUT2D eigenvalue weighted by molar-refractivity contribution is 7.88. The molecular formula is C18H22N2O4S. The van der Waals surface area contributed by atoms with Gasteiger partial charge < -0.3 is 10.4 Å². The molecule has 7 heteroatoms. The maximum absolute atomic E-state index is 11.9. The summed E-state index contributed by atoms with van der Waals surface area (Å²) in [6, 6.07) is 14.0. The van der Waals surface area contributed by atoms with Crippen LogP contribution in [0.2, 0.25) is 0 Å². The third-order valence-corrected chi connectivity index (χ3v) is 5.13. The summed E-state index contributed by atoms with van der Waals surface area (Å²) in [6.07, 6.45) is 0.759. The van der Waals surface area contributed by atoms with E-state index in [1.54, 1.807) is 42.5 Å². The zero-order chi connectivity index (χ0) is 18.3. The molecule has 0 atom stereocenters. The lowest BCUT2D eigenvalue weighted by atomic mass is 10.1. The number of nitrogens with one attached hydrogen (secondary N) is 2. The van der Waals surface area contributed by atoms with E-state index in [0.29, 0.717) is 18.5 Å². The van der Waals surface area contributed by atoms with Crippen LogP contribution in [0.1, 0.15) is 23.1 Å². The summed E-state index contributed by atoms with van der Waals surface area (Å²) in [5.74, 6) is 0.0176. The average molecular weight is 362 g/mol. The normalized spacial score (nSPS) is 11.2. The van der Waals surface area contributed by atoms with E-state index >= 15 is 0 Å². The van der Waals surface area contributed by atoms with Crippen LogP contribution >= 0.6 is 0 Å². The average Bonchev–Trinajstić information content (AvgIpc) is 2.60. The number of aryl methyl sites for hydroxylation is 1. The van der Waals surface area contributed by atoms with Gasteiger partial charge in [-0.1, -0.05) is 42.5 Å². The molecule has 0 saturated heterocycles. The van der Waals surface area contributed by atoms with Crippen LogP contribution in [-0.2, 0) is 33.5 Å². The molecule has 0 spiro atoms. The van der Waals surface area contributed by atoms with E-state index in [2.05, 4.69) is 10.0 Å². The molecule has 0 aliphatic heterocycles. The number of carbonyl (C=O) groups is 1. The fourth-order valence-electron chi connectivity index (χ4n) is 2.30. The Morgan fingerprint density at radius 1 is 1.04 bits per heavy atom. The van der Waals surface area contributed by atoms with Crippen molar-refractivity contribution in [2.24, 2.45) is 0 Å². The van der Waals surface area contributed by atoms with Crippen molar-refractivity contribution in [2.75, 3.05) is 7.05 Å². The standard InChI is InChI=1S/C18H22N2O4S/c1-19-25(23,24)13-15-8-6-14(7-9-15)12-20-18(22)11-10-16-4-2-3-5-17(16)21/h2-9,19,21H,10-13H2,1H3,(H,20,22). The molecule has 0 aliphatic rings. The first-order valence-electron chi connectivity index (χ1n) is 7.92. The number of carbonyl (C=O) groups excluding carboxylic acids is 1. The number of aromatic hydroxyl groups is 1. The van der Waals surface area contributed by atoms with Gasteiger partial charge in [0.25, 0.3) is 0 Å². The van der Waals surface area contributed by atoms with E-state index in [1.807, 2.05) is 6.07 Å². The van der Waals surface area contributed by atoms with Gasteiger partial charge in [-0.2, -0.15) is 0 Å². The van der Waals surface area contributed by atoms with Gasteiger partial charge in [-0.25, -0.2) is 13.1 Å². The second kappa shape index (κ2) is 8.64. The topological polar surface area (TPSA) is 95.5 Å². The lowest BCUT2D eigenvalue weighted by Crippen LogP contribution is -2.23. The molecule has 0 aromatic heterocycles. The van der Waals surface area contributed by atoms with Crippen LogP contribution in [0.15, 0.2) is 48.5 Å². The highest BCUT2D eigenvalue weighted by Gasteiger charge is 2.09. The molecule has 0 unspecified atom stereocenters. The summed E-state index contributed by atoms with van der Waals surface area (Å²) in [6.45, 7) is 0.374. The van der Waals surface area contributed by atoms with Crippen LogP contribution in [0.4, 0.5) is 0 Å². The fraction of sp³-hybridized carbons (Fsp3) is 0.278. The molecular weight excluding hydrogens is 340 g/mol. The second-order valence-electron chi connectivity index (χ2n) is 5.69. The number of phenols is 1. The smallest absolute Gasteiger partial charge is 0.220 e. The molecule has 2 rings (SSSR count). The molecule has 0 bridgehead atoms. The molecule has 2 aromatic carbocycles. The quantitative estimate of drug-likeness (QED) is 0.666. The first-order chi connectivity index (χ1) is 11.9. The molecule has 0 fully saturated rings. The van der Waals surface area contributed by atoms with Gasteiger partial charge in [-0.15, -0.1) is 0 Å². The van der Waals surface area contributed by atoms with Gasteiger partial charge in [0.15, 0.2) is 0 Å². The van der Waals surface area contributed by atoms with Crippen molar-refractivity contribution in [2.45, 2.75) is 25.1 Å². The monoisotopic (exact) mass is 362 g/mol. The predicted octanol–water partition coefficient (Wildman–Crippen LogP) is 1.69. The Bertz CT molecular complexity index is 817. The highest BCUT2D eigenvalue weighted by Crippen LogP contribution is 2.17. The maximum Gasteiger partial charge on any atom is 0.220 e. The Hall–Kier alpha value is -2.38. The molecule has 3 N–H and O–H groups in total. The van der Waals surface area contributed by atoms with Crippen molar-refractivity contribution >= 4 is 15.9 Å². The Labute approximate surface area is 147 Å². The molecule has 0 radical (unpaired) electrons. The number of benzene rings is 2. The van der Waals surface area contributed by atoms with E-state index in [0.717, 1.165) is 11.1 Å². The Morgan fingerprint density at radius 3 is 2.32 bits per heavy atom. The molecule has 2 aromatic rings. The number of amides is 1. The molecule has 25 heavy (non-hydrogen) atoms. The van der Waals surface area contributed by atoms with E-state index in [-0.39, 0.29) is 23.8 Å². The first-order valence-corrected chi connectivity index (χ1v) is 9.57. The number of sulfonamides is 1. The summed E-state index contributed by atoms with van der Waals surface area (Å²) in [4.78, 5) is 11.9. The summed E-state index contributed by atoms with van der Waals surface area (Å²) >= 11 is 0. The van der Waals surface area contributed by atoms with E-state index < -0.39 is 10.0 Å². The highest BCUT2D eigenvalue weighted by atomic mass is 32.2. The van der Waals surface area contributed by atoms with Gasteiger partial charge in [-0.3, -0.25) is 4.79 Å². The number of para-hydroxylation sites is 1. The maximum atomic E-state index is 11.9. The van der Waals surface area contributed by atoms with Gasteiger partial charge in [0.2, 0.25) is 15.9 Å². The molecule has 6 nitrogen and oxygen atoms in total. The molecule has 134 valence electrons. The Morgan fingerprint density at radius 2 is 1.68 bits per heavy atom. The molecule has 0 aliphatic carbocycles. The van der Waals surface area contributed by atoms with Crippen LogP contribution < -0.4 is 10.0 Å². The fourth-order valence-corrected chi connectivity index (χ4v) is 3.08. The number of phenolic OH excluding ortho intramolecular Hbond substituents is 1. The van der Waals surface area contributed by atoms with Crippen molar-refractivity contribution < 1.29 is 18.3 Å². The Kier molecular flexibility index (Phi) is 6.55. The van der Waals surface area contributed by atoms with Gasteiger partial charge >= 0.3 is 0 Å². The van der Waals surface area contributed by atoms with E-state index in [1.165, 1.54) is 7.05 Å². The van der Waals surface area contributed by atoms with Gasteiger partial charge in [0, 0.05) is 13.0 Å². The molecule has 0 heterocycles. The summed E-state index contributed by atoms with van der Waals surface area (Å²) < 4.78 is 25.3. The first kappa shape index (κ1) is 19.0. The lowest BCUT2D eigenvalue weighted by molar-refractivity contribution is -0.121. The zero-order valence-corrected chi connectivity index (χ0v) is 14.8. The van der Waals surface area contributed by atoms with Crippen molar-refractivity contribution in [1.29, 1.82) is 0 Å². The third-order valence-electron chi connectivity index (χ3n) is 3.79. The summed E-state index contributed by atoms with van der Waals surface area (Å²) in [5.41, 5.74) is 2.32. The van der Waals surface area contributed by atoms with Crippen molar-refractivity contribution in [1.82, 2.24) is 10.0 Å². The van der Waals surface area contributed by atoms with Crippen LogP contribution in [0, 0.1) is 0 Å². The lowest BCUT2D eigenvalue weighted by Gasteiger charge is -2.08. The number of hydrogen-bond acceptors (Lipinski definition) is 4. The minimum absolute atomic E-state index is 0.0727. The van der Waals surface area contributed by atoms with Crippen LogP contribution in [0.3, 0.4) is 0 Å². The van der Waals surface area contributed by atoms with Crippen molar-refractivity contribution in [3.8, 4) is 5.75 Å². The summed E-state index contributed by atoms with van der Waals surface area (Å²) in [7, 11) is -1.91. The Balaban J connectivity index is 1.81. The minimum atomic E-state index is -3.29. The second-order valence-corrected chi connectivity index (χ2v) is 7.61. The van der Waals surface area contributed by atoms with E-state index in [4.69, 9.17) is 0 Å². The SMILES string of the molecule is CNS(=O)(=O)Cc1ccc(CNC(=O)CCc2ccccc2O)cc1. The largest absolute Gasteiger partial charge is 0.508 e.